The molecule has 2 fully saturated rings. The van der Waals surface area contributed by atoms with Crippen molar-refractivity contribution in [2.45, 2.75) is 83.5 Å². The number of oxazole rings is 1. The molecule has 0 atom stereocenters. The maximum Gasteiger partial charge on any atom is 0.268 e. The molecule has 0 aliphatic heterocycles. The molecule has 2 aliphatic rings. The van der Waals surface area contributed by atoms with Crippen molar-refractivity contribution in [3.63, 3.8) is 0 Å². The van der Waals surface area contributed by atoms with E-state index < -0.39 is 5.91 Å². The van der Waals surface area contributed by atoms with E-state index >= 15 is 0 Å². The van der Waals surface area contributed by atoms with Crippen molar-refractivity contribution in [2.75, 3.05) is 6.54 Å². The van der Waals surface area contributed by atoms with Crippen molar-refractivity contribution < 1.29 is 18.8 Å². The molecule has 2 aromatic rings. The van der Waals surface area contributed by atoms with Gasteiger partial charge in [-0.3, -0.25) is 19.4 Å². The highest BCUT2D eigenvalue weighted by atomic mass is 16.4. The SMILES string of the molecule is NC(=O)c1ncccc1-c1nc(CC2CCCCC2)c(C(=O)CNC(=O)CCC2CCCCC2)o1. The number of carbonyl (C=O) groups is 3. The predicted octanol–water partition coefficient (Wildman–Crippen LogP) is 4.62. The lowest BCUT2D eigenvalue weighted by Gasteiger charge is -2.21. The molecule has 188 valence electrons. The number of primary amides is 1. The molecule has 0 aromatic carbocycles. The van der Waals surface area contributed by atoms with Crippen LogP contribution in [0.1, 0.15) is 104 Å². The van der Waals surface area contributed by atoms with Gasteiger partial charge in [-0.1, -0.05) is 64.2 Å². The molecule has 2 aromatic heterocycles. The van der Waals surface area contributed by atoms with Crippen LogP contribution in [0.15, 0.2) is 22.7 Å². The van der Waals surface area contributed by atoms with E-state index in [1.807, 2.05) is 0 Å². The first-order valence-electron chi connectivity index (χ1n) is 13.1. The zero-order valence-electron chi connectivity index (χ0n) is 20.4. The predicted molar refractivity (Wildman–Crippen MR) is 132 cm³/mol. The number of Topliss-reactive ketones (excluding diaryl/α,β-unsaturated/α-hetero) is 1. The van der Waals surface area contributed by atoms with Crippen LogP contribution in [0.25, 0.3) is 11.5 Å². The topological polar surface area (TPSA) is 128 Å². The van der Waals surface area contributed by atoms with Crippen LogP contribution in [-0.4, -0.2) is 34.1 Å². The van der Waals surface area contributed by atoms with E-state index in [9.17, 15) is 14.4 Å². The van der Waals surface area contributed by atoms with Crippen molar-refractivity contribution in [1.29, 1.82) is 0 Å². The molecule has 2 saturated carbocycles. The highest BCUT2D eigenvalue weighted by molar-refractivity contribution is 5.99. The third kappa shape index (κ3) is 6.77. The maximum atomic E-state index is 13.1. The first-order chi connectivity index (χ1) is 17.0. The summed E-state index contributed by atoms with van der Waals surface area (Å²) >= 11 is 0. The highest BCUT2D eigenvalue weighted by Gasteiger charge is 2.26. The molecule has 0 saturated heterocycles. The fraction of sp³-hybridized carbons (Fsp3) is 0.593. The summed E-state index contributed by atoms with van der Waals surface area (Å²) in [5.74, 6) is 0.240. The van der Waals surface area contributed by atoms with Crippen molar-refractivity contribution in [3.05, 3.63) is 35.5 Å². The molecule has 0 bridgehead atoms. The van der Waals surface area contributed by atoms with Crippen molar-refractivity contribution >= 4 is 17.6 Å². The van der Waals surface area contributed by atoms with Gasteiger partial charge in [-0.2, -0.15) is 0 Å². The summed E-state index contributed by atoms with van der Waals surface area (Å²) in [6.07, 6.45) is 15.3. The average molecular weight is 481 g/mol. The van der Waals surface area contributed by atoms with Crippen LogP contribution in [0.4, 0.5) is 0 Å². The van der Waals surface area contributed by atoms with E-state index in [4.69, 9.17) is 10.2 Å². The first kappa shape index (κ1) is 25.1. The van der Waals surface area contributed by atoms with Crippen LogP contribution in [-0.2, 0) is 11.2 Å². The van der Waals surface area contributed by atoms with E-state index in [2.05, 4.69) is 15.3 Å². The first-order valence-corrected chi connectivity index (χ1v) is 13.1. The number of carbonyl (C=O) groups excluding carboxylic acids is 3. The molecular formula is C27H36N4O4. The van der Waals surface area contributed by atoms with Gasteiger partial charge in [0.25, 0.3) is 5.91 Å². The maximum absolute atomic E-state index is 13.1. The Labute approximate surface area is 206 Å². The Morgan fingerprint density at radius 2 is 1.69 bits per heavy atom. The quantitative estimate of drug-likeness (QED) is 0.478. The zero-order chi connectivity index (χ0) is 24.6. The lowest BCUT2D eigenvalue weighted by atomic mass is 9.85. The summed E-state index contributed by atoms with van der Waals surface area (Å²) < 4.78 is 5.92. The smallest absolute Gasteiger partial charge is 0.268 e. The molecule has 0 spiro atoms. The average Bonchev–Trinajstić information content (AvgIpc) is 3.31. The molecule has 0 unspecified atom stereocenters. The molecule has 2 aliphatic carbocycles. The largest absolute Gasteiger partial charge is 0.433 e. The minimum atomic E-state index is -0.689. The van der Waals surface area contributed by atoms with Crippen LogP contribution in [0.5, 0.6) is 0 Å². The van der Waals surface area contributed by atoms with Gasteiger partial charge in [0.15, 0.2) is 5.76 Å². The van der Waals surface area contributed by atoms with Gasteiger partial charge in [-0.15, -0.1) is 0 Å². The number of rotatable bonds is 10. The van der Waals surface area contributed by atoms with E-state index in [1.165, 1.54) is 57.6 Å². The van der Waals surface area contributed by atoms with Crippen molar-refractivity contribution in [2.24, 2.45) is 17.6 Å². The second-order valence-electron chi connectivity index (χ2n) is 10.0. The molecule has 4 rings (SSSR count). The van der Waals surface area contributed by atoms with Gasteiger partial charge in [-0.05, 0) is 36.8 Å². The van der Waals surface area contributed by atoms with Gasteiger partial charge in [0.05, 0.1) is 17.8 Å². The lowest BCUT2D eigenvalue weighted by molar-refractivity contribution is -0.121. The Kier molecular flexibility index (Phi) is 8.66. The van der Waals surface area contributed by atoms with E-state index in [0.29, 0.717) is 35.9 Å². The second-order valence-corrected chi connectivity index (χ2v) is 10.0. The fourth-order valence-corrected chi connectivity index (χ4v) is 5.42. The third-order valence-electron chi connectivity index (χ3n) is 7.38. The van der Waals surface area contributed by atoms with Gasteiger partial charge < -0.3 is 15.5 Å². The van der Waals surface area contributed by atoms with Crippen LogP contribution >= 0.6 is 0 Å². The minimum absolute atomic E-state index is 0.0491. The van der Waals surface area contributed by atoms with Crippen molar-refractivity contribution in [1.82, 2.24) is 15.3 Å². The Morgan fingerprint density at radius 1 is 1.00 bits per heavy atom. The van der Waals surface area contributed by atoms with E-state index in [-0.39, 0.29) is 35.6 Å². The van der Waals surface area contributed by atoms with Crippen LogP contribution in [0, 0.1) is 11.8 Å². The lowest BCUT2D eigenvalue weighted by Crippen LogP contribution is -2.30. The van der Waals surface area contributed by atoms with Gasteiger partial charge in [0.1, 0.15) is 5.69 Å². The molecule has 0 radical (unpaired) electrons. The summed E-state index contributed by atoms with van der Waals surface area (Å²) in [5, 5.41) is 2.77. The Balaban J connectivity index is 1.46. The van der Waals surface area contributed by atoms with Crippen LogP contribution in [0.3, 0.4) is 0 Å². The molecule has 35 heavy (non-hydrogen) atoms. The number of hydrogen-bond donors (Lipinski definition) is 2. The fourth-order valence-electron chi connectivity index (χ4n) is 5.42. The number of amides is 2. The summed E-state index contributed by atoms with van der Waals surface area (Å²) in [6.45, 7) is -0.133. The Hall–Kier alpha value is -3.03. The normalized spacial score (nSPS) is 17.3. The third-order valence-corrected chi connectivity index (χ3v) is 7.38. The molecule has 2 heterocycles. The van der Waals surface area contributed by atoms with E-state index in [0.717, 1.165) is 19.3 Å². The number of nitrogens with one attached hydrogen (secondary N) is 1. The summed E-state index contributed by atoms with van der Waals surface area (Å²) in [4.78, 5) is 46.1. The van der Waals surface area contributed by atoms with Gasteiger partial charge in [-0.25, -0.2) is 4.98 Å². The number of aromatic nitrogens is 2. The number of hydrogen-bond acceptors (Lipinski definition) is 6. The van der Waals surface area contributed by atoms with E-state index in [1.54, 1.807) is 12.1 Å². The Morgan fingerprint density at radius 3 is 2.37 bits per heavy atom. The highest BCUT2D eigenvalue weighted by Crippen LogP contribution is 2.31. The van der Waals surface area contributed by atoms with Gasteiger partial charge in [0.2, 0.25) is 17.6 Å². The van der Waals surface area contributed by atoms with Gasteiger partial charge >= 0.3 is 0 Å². The van der Waals surface area contributed by atoms with Gasteiger partial charge in [0, 0.05) is 12.6 Å². The molecular weight excluding hydrogens is 444 g/mol. The number of pyridine rings is 1. The van der Waals surface area contributed by atoms with Crippen molar-refractivity contribution in [3.8, 4) is 11.5 Å². The van der Waals surface area contributed by atoms with Crippen LogP contribution in [0.2, 0.25) is 0 Å². The molecule has 8 nitrogen and oxygen atoms in total. The molecule has 2 amide bonds. The molecule has 8 heteroatoms. The Bertz CT molecular complexity index is 1040. The summed E-state index contributed by atoms with van der Waals surface area (Å²) in [7, 11) is 0. The summed E-state index contributed by atoms with van der Waals surface area (Å²) in [6, 6.07) is 3.32. The minimum Gasteiger partial charge on any atom is -0.433 e. The standard InChI is InChI=1S/C27H36N4O4/c28-26(34)24-20(12-7-15-29-24)27-31-21(16-19-10-5-2-6-11-19)25(35-27)22(32)17-30-23(33)14-13-18-8-3-1-4-9-18/h7,12,15,18-19H,1-6,8-11,13-14,16-17H2,(H2,28,34)(H,30,33). The summed E-state index contributed by atoms with van der Waals surface area (Å²) in [5.41, 5.74) is 6.47. The zero-order valence-corrected chi connectivity index (χ0v) is 20.4. The molecule has 3 N–H and O–H groups in total. The van der Waals surface area contributed by atoms with Crippen LogP contribution < -0.4 is 11.1 Å². The number of ketones is 1. The number of nitrogens with zero attached hydrogens (tertiary/aromatic N) is 2. The second kappa shape index (κ2) is 12.1. The number of nitrogens with two attached hydrogens (primary N) is 1. The monoisotopic (exact) mass is 480 g/mol.